The SMILES string of the molecule is COc1ccc(C(=O)OCCOc2ccc(C#N)cc2)cc1S(=O)(=O)N1CCCc2ccccc21. The lowest BCUT2D eigenvalue weighted by molar-refractivity contribution is 0.0450. The summed E-state index contributed by atoms with van der Waals surface area (Å²) < 4.78 is 44.7. The van der Waals surface area contributed by atoms with Gasteiger partial charge in [-0.05, 0) is 66.9 Å². The van der Waals surface area contributed by atoms with E-state index in [9.17, 15) is 13.2 Å². The monoisotopic (exact) mass is 492 g/mol. The zero-order chi connectivity index (χ0) is 24.8. The number of hydrogen-bond acceptors (Lipinski definition) is 7. The van der Waals surface area contributed by atoms with Crippen molar-refractivity contribution < 1.29 is 27.4 Å². The molecule has 0 N–H and O–H groups in total. The van der Waals surface area contributed by atoms with Gasteiger partial charge in [0.15, 0.2) is 0 Å². The highest BCUT2D eigenvalue weighted by Crippen LogP contribution is 2.35. The molecule has 180 valence electrons. The molecule has 0 spiro atoms. The van der Waals surface area contributed by atoms with E-state index in [0.29, 0.717) is 30.0 Å². The molecule has 0 bridgehead atoms. The van der Waals surface area contributed by atoms with Gasteiger partial charge < -0.3 is 14.2 Å². The molecule has 0 atom stereocenters. The van der Waals surface area contributed by atoms with Crippen molar-refractivity contribution in [2.45, 2.75) is 17.7 Å². The molecule has 35 heavy (non-hydrogen) atoms. The number of anilines is 1. The lowest BCUT2D eigenvalue weighted by atomic mass is 10.0. The standard InChI is InChI=1S/C26H24N2O6S/c1-32-24-13-10-21(26(29)34-16-15-33-22-11-8-19(18-27)9-12-22)17-25(24)35(30,31)28-14-4-6-20-5-2-3-7-23(20)28/h2-3,5,7-13,17H,4,6,14-16H2,1H3. The molecule has 0 aliphatic carbocycles. The molecule has 0 unspecified atom stereocenters. The Hall–Kier alpha value is -4.03. The highest BCUT2D eigenvalue weighted by molar-refractivity contribution is 7.93. The summed E-state index contributed by atoms with van der Waals surface area (Å²) in [7, 11) is -2.60. The number of carbonyl (C=O) groups excluding carboxylic acids is 1. The summed E-state index contributed by atoms with van der Waals surface area (Å²) in [6, 6.07) is 20.2. The van der Waals surface area contributed by atoms with Crippen LogP contribution in [-0.2, 0) is 21.2 Å². The van der Waals surface area contributed by atoms with Crippen molar-refractivity contribution in [3.05, 3.63) is 83.4 Å². The predicted molar refractivity (Wildman–Crippen MR) is 129 cm³/mol. The fraction of sp³-hybridized carbons (Fsp3) is 0.231. The van der Waals surface area contributed by atoms with Gasteiger partial charge in [0.1, 0.15) is 29.6 Å². The largest absolute Gasteiger partial charge is 0.495 e. The second-order valence-corrected chi connectivity index (χ2v) is 9.63. The van der Waals surface area contributed by atoms with Gasteiger partial charge in [0.25, 0.3) is 10.0 Å². The summed E-state index contributed by atoms with van der Waals surface area (Å²) >= 11 is 0. The first-order chi connectivity index (χ1) is 16.9. The highest BCUT2D eigenvalue weighted by atomic mass is 32.2. The van der Waals surface area contributed by atoms with E-state index < -0.39 is 16.0 Å². The van der Waals surface area contributed by atoms with Crippen LogP contribution in [0, 0.1) is 11.3 Å². The maximum Gasteiger partial charge on any atom is 0.338 e. The van der Waals surface area contributed by atoms with E-state index in [2.05, 4.69) is 0 Å². The Morgan fingerprint density at radius 3 is 2.57 bits per heavy atom. The maximum atomic E-state index is 13.6. The third kappa shape index (κ3) is 5.23. The highest BCUT2D eigenvalue weighted by Gasteiger charge is 2.32. The van der Waals surface area contributed by atoms with Crippen LogP contribution >= 0.6 is 0 Å². The van der Waals surface area contributed by atoms with Crippen LogP contribution in [0.25, 0.3) is 0 Å². The Morgan fingerprint density at radius 2 is 1.83 bits per heavy atom. The minimum Gasteiger partial charge on any atom is -0.495 e. The van der Waals surface area contributed by atoms with Gasteiger partial charge in [-0.2, -0.15) is 5.26 Å². The second kappa shape index (κ2) is 10.5. The number of benzene rings is 3. The fourth-order valence-electron chi connectivity index (χ4n) is 3.88. The van der Waals surface area contributed by atoms with E-state index in [1.165, 1.54) is 29.6 Å². The molecule has 9 heteroatoms. The smallest absolute Gasteiger partial charge is 0.338 e. The van der Waals surface area contributed by atoms with Crippen LogP contribution in [0.3, 0.4) is 0 Å². The Balaban J connectivity index is 1.48. The Labute approximate surface area is 204 Å². The average Bonchev–Trinajstić information content (AvgIpc) is 2.90. The molecule has 8 nitrogen and oxygen atoms in total. The van der Waals surface area contributed by atoms with Crippen molar-refractivity contribution in [3.63, 3.8) is 0 Å². The number of rotatable bonds is 8. The number of nitrogens with zero attached hydrogens (tertiary/aromatic N) is 2. The molecule has 1 heterocycles. The molecule has 1 aliphatic rings. The number of nitriles is 1. The molecule has 0 saturated carbocycles. The summed E-state index contributed by atoms with van der Waals surface area (Å²) in [6.07, 6.45) is 1.50. The third-order valence-corrected chi connectivity index (χ3v) is 7.44. The summed E-state index contributed by atoms with van der Waals surface area (Å²) in [4.78, 5) is 12.5. The maximum absolute atomic E-state index is 13.6. The lowest BCUT2D eigenvalue weighted by Crippen LogP contribution is -2.35. The first kappa shape index (κ1) is 24.1. The van der Waals surface area contributed by atoms with E-state index in [4.69, 9.17) is 19.5 Å². The number of para-hydroxylation sites is 1. The molecule has 0 aromatic heterocycles. The second-order valence-electron chi connectivity index (χ2n) is 7.80. The first-order valence-corrected chi connectivity index (χ1v) is 12.5. The molecule has 3 aromatic carbocycles. The van der Waals surface area contributed by atoms with Crippen LogP contribution in [0.15, 0.2) is 71.6 Å². The van der Waals surface area contributed by atoms with Gasteiger partial charge in [-0.1, -0.05) is 18.2 Å². The first-order valence-electron chi connectivity index (χ1n) is 11.0. The van der Waals surface area contributed by atoms with E-state index in [1.807, 2.05) is 18.2 Å². The van der Waals surface area contributed by atoms with Crippen molar-refractivity contribution in [2.75, 3.05) is 31.2 Å². The van der Waals surface area contributed by atoms with E-state index in [1.54, 1.807) is 36.4 Å². The van der Waals surface area contributed by atoms with Crippen LogP contribution in [0.5, 0.6) is 11.5 Å². The number of sulfonamides is 1. The molecule has 3 aromatic rings. The van der Waals surface area contributed by atoms with Crippen LogP contribution in [-0.4, -0.2) is 41.3 Å². The normalized spacial score (nSPS) is 12.9. The van der Waals surface area contributed by atoms with Gasteiger partial charge in [0.05, 0.1) is 30.0 Å². The molecular formula is C26H24N2O6S. The van der Waals surface area contributed by atoms with Gasteiger partial charge in [0.2, 0.25) is 0 Å². The summed E-state index contributed by atoms with van der Waals surface area (Å²) in [5.74, 6) is 0.0139. The van der Waals surface area contributed by atoms with Gasteiger partial charge in [-0.25, -0.2) is 13.2 Å². The zero-order valence-corrected chi connectivity index (χ0v) is 20.0. The number of aryl methyl sites for hydroxylation is 1. The van der Waals surface area contributed by atoms with Gasteiger partial charge in [0, 0.05) is 6.54 Å². The Bertz CT molecular complexity index is 1360. The molecule has 4 rings (SSSR count). The molecule has 0 radical (unpaired) electrons. The molecule has 0 fully saturated rings. The summed E-state index contributed by atoms with van der Waals surface area (Å²) in [6.45, 7) is 0.403. The van der Waals surface area contributed by atoms with Gasteiger partial charge >= 0.3 is 5.97 Å². The number of hydrogen-bond donors (Lipinski definition) is 0. The van der Waals surface area contributed by atoms with Crippen molar-refractivity contribution in [1.82, 2.24) is 0 Å². The minimum absolute atomic E-state index is 0.0353. The molecular weight excluding hydrogens is 468 g/mol. The third-order valence-electron chi connectivity index (χ3n) is 5.60. The minimum atomic E-state index is -3.99. The van der Waals surface area contributed by atoms with Crippen LogP contribution < -0.4 is 13.8 Å². The number of methoxy groups -OCH3 is 1. The van der Waals surface area contributed by atoms with E-state index in [-0.39, 0.29) is 29.4 Å². The Morgan fingerprint density at radius 1 is 1.06 bits per heavy atom. The van der Waals surface area contributed by atoms with Crippen molar-refractivity contribution >= 4 is 21.7 Å². The van der Waals surface area contributed by atoms with Crippen molar-refractivity contribution in [1.29, 1.82) is 5.26 Å². The predicted octanol–water partition coefficient (Wildman–Crippen LogP) is 3.94. The fourth-order valence-corrected chi connectivity index (χ4v) is 5.60. The van der Waals surface area contributed by atoms with Crippen molar-refractivity contribution in [3.8, 4) is 17.6 Å². The van der Waals surface area contributed by atoms with Gasteiger partial charge in [-0.15, -0.1) is 0 Å². The Kier molecular flexibility index (Phi) is 7.22. The average molecular weight is 493 g/mol. The van der Waals surface area contributed by atoms with Gasteiger partial charge in [-0.3, -0.25) is 4.31 Å². The molecule has 1 aliphatic heterocycles. The summed E-state index contributed by atoms with van der Waals surface area (Å²) in [5.41, 5.74) is 2.20. The molecule has 0 amide bonds. The van der Waals surface area contributed by atoms with Crippen LogP contribution in [0.1, 0.15) is 27.9 Å². The number of fused-ring (bicyclic) bond motifs is 1. The zero-order valence-electron chi connectivity index (χ0n) is 19.1. The van der Waals surface area contributed by atoms with Crippen LogP contribution in [0.4, 0.5) is 5.69 Å². The quantitative estimate of drug-likeness (QED) is 0.346. The topological polar surface area (TPSA) is 106 Å². The number of carbonyl (C=O) groups is 1. The van der Waals surface area contributed by atoms with E-state index in [0.717, 1.165) is 12.0 Å². The lowest BCUT2D eigenvalue weighted by Gasteiger charge is -2.30. The number of esters is 1. The van der Waals surface area contributed by atoms with Crippen molar-refractivity contribution in [2.24, 2.45) is 0 Å². The number of ether oxygens (including phenoxy) is 3. The summed E-state index contributed by atoms with van der Waals surface area (Å²) in [5, 5.41) is 8.84. The molecule has 0 saturated heterocycles. The van der Waals surface area contributed by atoms with Crippen LogP contribution in [0.2, 0.25) is 0 Å². The van der Waals surface area contributed by atoms with E-state index >= 15 is 0 Å².